The van der Waals surface area contributed by atoms with E-state index in [4.69, 9.17) is 4.52 Å². The molecule has 0 spiro atoms. The second-order valence-corrected chi connectivity index (χ2v) is 9.33. The van der Waals surface area contributed by atoms with Gasteiger partial charge in [-0.25, -0.2) is 8.42 Å². The SMILES string of the molecule is CC(NC(=O)CCCc1nc(-c2cccs2)no1)c1cccc(NS(C)(=O)=O)c1. The predicted molar refractivity (Wildman–Crippen MR) is 112 cm³/mol. The molecular weight excluding hydrogens is 412 g/mol. The van der Waals surface area contributed by atoms with Crippen LogP contribution in [0.25, 0.3) is 10.7 Å². The van der Waals surface area contributed by atoms with Gasteiger partial charge in [0.2, 0.25) is 27.6 Å². The quantitative estimate of drug-likeness (QED) is 0.534. The highest BCUT2D eigenvalue weighted by atomic mass is 32.2. The molecule has 8 nitrogen and oxygen atoms in total. The molecule has 154 valence electrons. The summed E-state index contributed by atoms with van der Waals surface area (Å²) in [4.78, 5) is 17.5. The van der Waals surface area contributed by atoms with Crippen molar-refractivity contribution in [2.45, 2.75) is 32.2 Å². The van der Waals surface area contributed by atoms with Crippen molar-refractivity contribution in [1.29, 1.82) is 0 Å². The standard InChI is InChI=1S/C19H22N4O4S2/c1-13(14-6-3-7-15(12-14)23-29(2,25)26)20-17(24)9-4-10-18-21-19(22-27-18)16-8-5-11-28-16/h3,5-8,11-13,23H,4,9-10H2,1-2H3,(H,20,24). The van der Waals surface area contributed by atoms with Gasteiger partial charge in [-0.2, -0.15) is 4.98 Å². The Bertz CT molecular complexity index is 1060. The Labute approximate surface area is 173 Å². The van der Waals surface area contributed by atoms with Crippen LogP contribution in [-0.4, -0.2) is 30.7 Å². The van der Waals surface area contributed by atoms with Gasteiger partial charge in [0.25, 0.3) is 0 Å². The average Bonchev–Trinajstić information content (AvgIpc) is 3.32. The molecule has 0 aliphatic rings. The molecule has 1 amide bonds. The summed E-state index contributed by atoms with van der Waals surface area (Å²) in [7, 11) is -3.35. The van der Waals surface area contributed by atoms with Crippen molar-refractivity contribution < 1.29 is 17.7 Å². The van der Waals surface area contributed by atoms with E-state index in [0.717, 1.165) is 16.7 Å². The minimum Gasteiger partial charge on any atom is -0.350 e. The third-order valence-electron chi connectivity index (χ3n) is 4.07. The molecule has 3 rings (SSSR count). The summed E-state index contributed by atoms with van der Waals surface area (Å²) in [5.41, 5.74) is 1.27. The van der Waals surface area contributed by atoms with E-state index >= 15 is 0 Å². The molecule has 0 aliphatic heterocycles. The topological polar surface area (TPSA) is 114 Å². The van der Waals surface area contributed by atoms with E-state index in [9.17, 15) is 13.2 Å². The smallest absolute Gasteiger partial charge is 0.229 e. The molecule has 0 saturated carbocycles. The third-order valence-corrected chi connectivity index (χ3v) is 5.54. The van der Waals surface area contributed by atoms with E-state index in [1.165, 1.54) is 11.3 Å². The van der Waals surface area contributed by atoms with E-state index in [2.05, 4.69) is 20.2 Å². The average molecular weight is 435 g/mol. The fraction of sp³-hybridized carbons (Fsp3) is 0.316. The molecule has 0 bridgehead atoms. The number of aromatic nitrogens is 2. The summed E-state index contributed by atoms with van der Waals surface area (Å²) in [5, 5.41) is 8.82. The molecule has 3 aromatic rings. The van der Waals surface area contributed by atoms with Gasteiger partial charge >= 0.3 is 0 Å². The lowest BCUT2D eigenvalue weighted by molar-refractivity contribution is -0.121. The van der Waals surface area contributed by atoms with E-state index < -0.39 is 10.0 Å². The summed E-state index contributed by atoms with van der Waals surface area (Å²) in [6.45, 7) is 1.85. The van der Waals surface area contributed by atoms with Crippen molar-refractivity contribution in [3.05, 3.63) is 53.2 Å². The molecule has 29 heavy (non-hydrogen) atoms. The summed E-state index contributed by atoms with van der Waals surface area (Å²) < 4.78 is 30.4. The van der Waals surface area contributed by atoms with Crippen molar-refractivity contribution >= 4 is 33.0 Å². The normalized spacial score (nSPS) is 12.5. The van der Waals surface area contributed by atoms with E-state index in [1.54, 1.807) is 18.2 Å². The maximum absolute atomic E-state index is 12.2. The van der Waals surface area contributed by atoms with Crippen LogP contribution in [0.5, 0.6) is 0 Å². The van der Waals surface area contributed by atoms with Gasteiger partial charge in [-0.05, 0) is 42.5 Å². The Balaban J connectivity index is 1.47. The summed E-state index contributed by atoms with van der Waals surface area (Å²) in [6.07, 6.45) is 2.52. The van der Waals surface area contributed by atoms with Crippen molar-refractivity contribution in [2.75, 3.05) is 11.0 Å². The van der Waals surface area contributed by atoms with Crippen LogP contribution < -0.4 is 10.0 Å². The molecule has 1 aromatic carbocycles. The Hall–Kier alpha value is -2.72. The number of benzene rings is 1. The van der Waals surface area contributed by atoms with E-state index in [1.807, 2.05) is 30.5 Å². The first-order chi connectivity index (χ1) is 13.8. The molecule has 0 radical (unpaired) electrons. The first kappa shape index (κ1) is 21.0. The van der Waals surface area contributed by atoms with Gasteiger partial charge in [0.1, 0.15) is 0 Å². The van der Waals surface area contributed by atoms with Gasteiger partial charge in [0.05, 0.1) is 17.2 Å². The maximum Gasteiger partial charge on any atom is 0.229 e. The number of amides is 1. The van der Waals surface area contributed by atoms with Crippen LogP contribution in [0.15, 0.2) is 46.3 Å². The molecular formula is C19H22N4O4S2. The second kappa shape index (κ2) is 9.19. The summed E-state index contributed by atoms with van der Waals surface area (Å²) >= 11 is 1.54. The van der Waals surface area contributed by atoms with Crippen LogP contribution in [0.1, 0.15) is 37.3 Å². The lowest BCUT2D eigenvalue weighted by Crippen LogP contribution is -2.26. The van der Waals surface area contributed by atoms with Crippen LogP contribution in [0, 0.1) is 0 Å². The zero-order valence-corrected chi connectivity index (χ0v) is 17.7. The molecule has 1 atom stereocenters. The number of thiophene rings is 1. The van der Waals surface area contributed by atoms with Crippen LogP contribution >= 0.6 is 11.3 Å². The lowest BCUT2D eigenvalue weighted by atomic mass is 10.1. The van der Waals surface area contributed by atoms with Gasteiger partial charge in [-0.1, -0.05) is 23.4 Å². The molecule has 2 N–H and O–H groups in total. The Morgan fingerprint density at radius 3 is 2.83 bits per heavy atom. The number of anilines is 1. The van der Waals surface area contributed by atoms with Crippen LogP contribution in [0.4, 0.5) is 5.69 Å². The van der Waals surface area contributed by atoms with E-state index in [-0.39, 0.29) is 11.9 Å². The second-order valence-electron chi connectivity index (χ2n) is 6.63. The minimum absolute atomic E-state index is 0.100. The van der Waals surface area contributed by atoms with Gasteiger partial charge in [0.15, 0.2) is 0 Å². The number of carbonyl (C=O) groups is 1. The highest BCUT2D eigenvalue weighted by Gasteiger charge is 2.13. The van der Waals surface area contributed by atoms with Gasteiger partial charge in [-0.15, -0.1) is 11.3 Å². The first-order valence-corrected chi connectivity index (χ1v) is 11.8. The first-order valence-electron chi connectivity index (χ1n) is 9.04. The summed E-state index contributed by atoms with van der Waals surface area (Å²) in [5.74, 6) is 0.974. The number of carbonyl (C=O) groups excluding carboxylic acids is 1. The third kappa shape index (κ3) is 6.40. The van der Waals surface area contributed by atoms with Crippen LogP contribution in [0.2, 0.25) is 0 Å². The Morgan fingerprint density at radius 2 is 2.10 bits per heavy atom. The molecule has 10 heteroatoms. The Morgan fingerprint density at radius 1 is 1.28 bits per heavy atom. The number of nitrogens with one attached hydrogen (secondary N) is 2. The summed E-state index contributed by atoms with van der Waals surface area (Å²) in [6, 6.07) is 10.5. The van der Waals surface area contributed by atoms with Crippen LogP contribution in [-0.2, 0) is 21.2 Å². The highest BCUT2D eigenvalue weighted by Crippen LogP contribution is 2.22. The Kier molecular flexibility index (Phi) is 6.65. The minimum atomic E-state index is -3.35. The largest absolute Gasteiger partial charge is 0.350 e. The van der Waals surface area contributed by atoms with E-state index in [0.29, 0.717) is 36.7 Å². The number of rotatable bonds is 9. The highest BCUT2D eigenvalue weighted by molar-refractivity contribution is 7.92. The monoisotopic (exact) mass is 434 g/mol. The number of aryl methyl sites for hydroxylation is 1. The van der Waals surface area contributed by atoms with Gasteiger partial charge in [-0.3, -0.25) is 9.52 Å². The molecule has 2 heterocycles. The fourth-order valence-corrected chi connectivity index (χ4v) is 3.95. The number of sulfonamides is 1. The predicted octanol–water partition coefficient (Wildman–Crippen LogP) is 3.37. The fourth-order valence-electron chi connectivity index (χ4n) is 2.75. The van der Waals surface area contributed by atoms with Crippen molar-refractivity contribution in [3.63, 3.8) is 0 Å². The molecule has 0 saturated heterocycles. The van der Waals surface area contributed by atoms with Crippen molar-refractivity contribution in [2.24, 2.45) is 0 Å². The lowest BCUT2D eigenvalue weighted by Gasteiger charge is -2.15. The number of hydrogen-bond donors (Lipinski definition) is 2. The van der Waals surface area contributed by atoms with Crippen molar-refractivity contribution in [3.8, 4) is 10.7 Å². The molecule has 2 aromatic heterocycles. The number of nitrogens with zero attached hydrogens (tertiary/aromatic N) is 2. The van der Waals surface area contributed by atoms with Crippen molar-refractivity contribution in [1.82, 2.24) is 15.5 Å². The number of hydrogen-bond acceptors (Lipinski definition) is 7. The molecule has 1 unspecified atom stereocenters. The maximum atomic E-state index is 12.2. The molecule has 0 fully saturated rings. The molecule has 0 aliphatic carbocycles. The zero-order chi connectivity index (χ0) is 20.9. The zero-order valence-electron chi connectivity index (χ0n) is 16.1. The van der Waals surface area contributed by atoms with Gasteiger partial charge in [0, 0.05) is 18.5 Å². The van der Waals surface area contributed by atoms with Gasteiger partial charge < -0.3 is 9.84 Å². The van der Waals surface area contributed by atoms with Crippen LogP contribution in [0.3, 0.4) is 0 Å².